The van der Waals surface area contributed by atoms with E-state index in [4.69, 9.17) is 16.6 Å². The van der Waals surface area contributed by atoms with Gasteiger partial charge in [0.2, 0.25) is 17.7 Å². The van der Waals surface area contributed by atoms with Crippen LogP contribution in [0.3, 0.4) is 0 Å². The third kappa shape index (κ3) is 10.7. The van der Waals surface area contributed by atoms with Crippen LogP contribution in [0.2, 0.25) is 0 Å². The molecule has 1 aromatic rings. The number of unbranched alkanes of at least 4 members (excludes halogenated alkanes) is 1. The highest BCUT2D eigenvalue weighted by atomic mass is 16.4. The van der Waals surface area contributed by atoms with Crippen LogP contribution in [0.1, 0.15) is 31.2 Å². The molecule has 14 heteroatoms. The summed E-state index contributed by atoms with van der Waals surface area (Å²) in [6.45, 7) is -0.356. The van der Waals surface area contributed by atoms with Crippen molar-refractivity contribution >= 4 is 29.7 Å². The van der Waals surface area contributed by atoms with Gasteiger partial charge in [0.25, 0.3) is 0 Å². The first-order chi connectivity index (χ1) is 17.0. The molecule has 0 aliphatic heterocycles. The van der Waals surface area contributed by atoms with Crippen molar-refractivity contribution in [2.24, 2.45) is 11.5 Å². The number of amides is 3. The fraction of sp³-hybridized carbons (Fsp3) is 0.500. The van der Waals surface area contributed by atoms with E-state index in [9.17, 15) is 39.3 Å². The van der Waals surface area contributed by atoms with E-state index in [1.54, 1.807) is 0 Å². The van der Waals surface area contributed by atoms with E-state index >= 15 is 0 Å². The molecule has 0 aliphatic carbocycles. The Bertz CT molecular complexity index is 910. The summed E-state index contributed by atoms with van der Waals surface area (Å²) in [5, 5.41) is 44.0. The predicted octanol–water partition coefficient (Wildman–Crippen LogP) is -2.60. The zero-order valence-electron chi connectivity index (χ0n) is 19.6. The van der Waals surface area contributed by atoms with Gasteiger partial charge in [-0.05, 0) is 43.5 Å². The van der Waals surface area contributed by atoms with Crippen molar-refractivity contribution in [1.29, 1.82) is 0 Å². The zero-order chi connectivity index (χ0) is 27.3. The number of aromatic hydroxyl groups is 1. The average molecular weight is 512 g/mol. The van der Waals surface area contributed by atoms with Gasteiger partial charge in [-0.25, -0.2) is 4.79 Å². The smallest absolute Gasteiger partial charge is 0.326 e. The van der Waals surface area contributed by atoms with Crippen LogP contribution in [0.15, 0.2) is 24.3 Å². The summed E-state index contributed by atoms with van der Waals surface area (Å²) in [5.74, 6) is -5.65. The van der Waals surface area contributed by atoms with Crippen LogP contribution in [-0.4, -0.2) is 87.4 Å². The first-order valence-corrected chi connectivity index (χ1v) is 11.2. The first kappa shape index (κ1) is 30.3. The van der Waals surface area contributed by atoms with Crippen LogP contribution in [0.4, 0.5) is 0 Å². The highest BCUT2D eigenvalue weighted by molar-refractivity contribution is 5.95. The SMILES string of the molecule is NCCCCC(NC(=O)C(N)CO)C(=O)NC(CC(=O)O)C(=O)NC(Cc1ccc(O)cc1)C(=O)O. The Morgan fingerprint density at radius 3 is 1.92 bits per heavy atom. The Balaban J connectivity index is 3.00. The van der Waals surface area contributed by atoms with Gasteiger partial charge in [-0.2, -0.15) is 0 Å². The minimum absolute atomic E-state index is 0.0352. The number of nitrogens with two attached hydrogens (primary N) is 2. The second kappa shape index (κ2) is 15.3. The summed E-state index contributed by atoms with van der Waals surface area (Å²) < 4.78 is 0. The van der Waals surface area contributed by atoms with Crippen molar-refractivity contribution in [2.75, 3.05) is 13.2 Å². The lowest BCUT2D eigenvalue weighted by Crippen LogP contribution is -2.58. The molecule has 0 spiro atoms. The molecule has 0 fully saturated rings. The Morgan fingerprint density at radius 1 is 0.833 bits per heavy atom. The molecule has 11 N–H and O–H groups in total. The highest BCUT2D eigenvalue weighted by Gasteiger charge is 2.31. The minimum Gasteiger partial charge on any atom is -0.508 e. The van der Waals surface area contributed by atoms with E-state index in [0.29, 0.717) is 24.9 Å². The molecule has 1 aromatic carbocycles. The summed E-state index contributed by atoms with van der Waals surface area (Å²) in [7, 11) is 0. The highest BCUT2D eigenvalue weighted by Crippen LogP contribution is 2.12. The van der Waals surface area contributed by atoms with E-state index in [-0.39, 0.29) is 18.6 Å². The first-order valence-electron chi connectivity index (χ1n) is 11.2. The Kier molecular flexibility index (Phi) is 12.9. The van der Waals surface area contributed by atoms with E-state index < -0.39 is 66.9 Å². The number of carbonyl (C=O) groups excluding carboxylic acids is 3. The van der Waals surface area contributed by atoms with Gasteiger partial charge < -0.3 is 47.8 Å². The minimum atomic E-state index is -1.66. The number of rotatable bonds is 16. The Labute approximate surface area is 207 Å². The lowest BCUT2D eigenvalue weighted by Gasteiger charge is -2.24. The van der Waals surface area contributed by atoms with Crippen molar-refractivity contribution in [2.45, 2.75) is 56.3 Å². The molecule has 0 aliphatic rings. The summed E-state index contributed by atoms with van der Waals surface area (Å²) >= 11 is 0. The molecule has 1 rings (SSSR count). The molecule has 4 atom stereocenters. The molecule has 0 heterocycles. The molecular formula is C22H33N5O9. The molecule has 14 nitrogen and oxygen atoms in total. The van der Waals surface area contributed by atoms with E-state index in [1.165, 1.54) is 24.3 Å². The van der Waals surface area contributed by atoms with Crippen LogP contribution in [-0.2, 0) is 30.4 Å². The number of nitrogens with one attached hydrogen (secondary N) is 3. The molecule has 200 valence electrons. The number of phenols is 1. The van der Waals surface area contributed by atoms with Crippen molar-refractivity contribution in [3.63, 3.8) is 0 Å². The number of carboxylic acids is 2. The molecular weight excluding hydrogens is 478 g/mol. The summed E-state index contributed by atoms with van der Waals surface area (Å²) in [6.07, 6.45) is -0.0172. The maximum absolute atomic E-state index is 12.8. The van der Waals surface area contributed by atoms with Gasteiger partial charge in [-0.3, -0.25) is 19.2 Å². The number of hydrogen-bond donors (Lipinski definition) is 9. The summed E-state index contributed by atoms with van der Waals surface area (Å²) in [5.41, 5.74) is 11.4. The molecule has 0 radical (unpaired) electrons. The third-order valence-corrected chi connectivity index (χ3v) is 5.12. The Hall–Kier alpha value is -3.75. The van der Waals surface area contributed by atoms with E-state index in [0.717, 1.165) is 0 Å². The van der Waals surface area contributed by atoms with Gasteiger partial charge in [0.15, 0.2) is 0 Å². The van der Waals surface area contributed by atoms with E-state index in [1.807, 2.05) is 0 Å². The van der Waals surface area contributed by atoms with Gasteiger partial charge in [0.05, 0.1) is 13.0 Å². The van der Waals surface area contributed by atoms with Crippen LogP contribution in [0.25, 0.3) is 0 Å². The molecule has 36 heavy (non-hydrogen) atoms. The van der Waals surface area contributed by atoms with Gasteiger partial charge in [0, 0.05) is 6.42 Å². The Morgan fingerprint density at radius 2 is 1.39 bits per heavy atom. The lowest BCUT2D eigenvalue weighted by molar-refractivity contribution is -0.143. The maximum Gasteiger partial charge on any atom is 0.326 e. The normalized spacial score (nSPS) is 14.1. The van der Waals surface area contributed by atoms with Gasteiger partial charge in [-0.15, -0.1) is 0 Å². The number of aliphatic carboxylic acids is 2. The standard InChI is InChI=1S/C22H33N5O9/c23-8-2-1-3-15(25-19(32)14(24)11-28)20(33)26-16(10-18(30)31)21(34)27-17(22(35)36)9-12-4-6-13(29)7-5-12/h4-7,14-17,28-29H,1-3,8-11,23-24H2,(H,25,32)(H,26,33)(H,27,34)(H,30,31)(H,35,36). The van der Waals surface area contributed by atoms with Crippen LogP contribution < -0.4 is 27.4 Å². The zero-order valence-corrected chi connectivity index (χ0v) is 19.6. The largest absolute Gasteiger partial charge is 0.508 e. The molecule has 0 aromatic heterocycles. The number of hydrogen-bond acceptors (Lipinski definition) is 9. The topological polar surface area (TPSA) is 254 Å². The van der Waals surface area contributed by atoms with Crippen LogP contribution in [0.5, 0.6) is 5.75 Å². The number of phenolic OH excluding ortho intramolecular Hbond substituents is 1. The monoisotopic (exact) mass is 511 g/mol. The fourth-order valence-electron chi connectivity index (χ4n) is 3.12. The van der Waals surface area contributed by atoms with E-state index in [2.05, 4.69) is 16.0 Å². The number of aliphatic hydroxyl groups excluding tert-OH is 1. The molecule has 4 unspecified atom stereocenters. The number of carboxylic acid groups (broad SMARTS) is 2. The second-order valence-corrected chi connectivity index (χ2v) is 8.06. The van der Waals surface area contributed by atoms with Gasteiger partial charge in [0.1, 0.15) is 29.9 Å². The molecule has 0 bridgehead atoms. The lowest BCUT2D eigenvalue weighted by atomic mass is 10.0. The number of benzene rings is 1. The number of aliphatic hydroxyl groups is 1. The van der Waals surface area contributed by atoms with Gasteiger partial charge >= 0.3 is 11.9 Å². The number of carbonyl (C=O) groups is 5. The molecule has 3 amide bonds. The van der Waals surface area contributed by atoms with Crippen molar-refractivity contribution in [1.82, 2.24) is 16.0 Å². The van der Waals surface area contributed by atoms with Crippen molar-refractivity contribution < 1.29 is 44.4 Å². The molecule has 0 saturated carbocycles. The predicted molar refractivity (Wildman–Crippen MR) is 125 cm³/mol. The van der Waals surface area contributed by atoms with Crippen LogP contribution in [0, 0.1) is 0 Å². The van der Waals surface area contributed by atoms with Crippen LogP contribution >= 0.6 is 0 Å². The molecule has 0 saturated heterocycles. The maximum atomic E-state index is 12.8. The quantitative estimate of drug-likeness (QED) is 0.104. The second-order valence-electron chi connectivity index (χ2n) is 8.06. The van der Waals surface area contributed by atoms with Crippen molar-refractivity contribution in [3.8, 4) is 5.75 Å². The average Bonchev–Trinajstić information content (AvgIpc) is 2.82. The third-order valence-electron chi connectivity index (χ3n) is 5.12. The van der Waals surface area contributed by atoms with Crippen molar-refractivity contribution in [3.05, 3.63) is 29.8 Å². The summed E-state index contributed by atoms with van der Waals surface area (Å²) in [4.78, 5) is 60.7. The van der Waals surface area contributed by atoms with Gasteiger partial charge in [-0.1, -0.05) is 12.1 Å². The fourth-order valence-corrected chi connectivity index (χ4v) is 3.12. The summed E-state index contributed by atoms with van der Waals surface area (Å²) in [6, 6.07) is -0.0345.